The van der Waals surface area contributed by atoms with E-state index in [1.165, 1.54) is 18.6 Å². The first-order chi connectivity index (χ1) is 10.3. The standard InChI is InChI=1S/C16H16FN3O/c17-11-1-3-15(4-2-11)21-16-6-14(7-18-9-16)20-10-12-5-13(20)8-19-12/h1-4,6-7,9,12-13,19H,5,8,10H2/t12-,13-/m1/s1. The number of hydrogen-bond acceptors (Lipinski definition) is 4. The van der Waals surface area contributed by atoms with Crippen LogP contribution in [0.15, 0.2) is 42.7 Å². The Hall–Kier alpha value is -2.14. The Kier molecular flexibility index (Phi) is 3.00. The van der Waals surface area contributed by atoms with Gasteiger partial charge in [-0.2, -0.15) is 0 Å². The molecule has 2 aliphatic rings. The maximum Gasteiger partial charge on any atom is 0.147 e. The Morgan fingerprint density at radius 3 is 2.76 bits per heavy atom. The SMILES string of the molecule is Fc1ccc(Oc2cncc(N3C[C@H]4C[C@@H]3CN4)c2)cc1. The van der Waals surface area contributed by atoms with Crippen LogP contribution in [0.5, 0.6) is 11.5 Å². The molecule has 5 heteroatoms. The molecular weight excluding hydrogens is 269 g/mol. The Morgan fingerprint density at radius 1 is 1.19 bits per heavy atom. The van der Waals surface area contributed by atoms with Gasteiger partial charge in [0.15, 0.2) is 0 Å². The number of rotatable bonds is 3. The van der Waals surface area contributed by atoms with Gasteiger partial charge in [0.1, 0.15) is 17.3 Å². The van der Waals surface area contributed by atoms with Gasteiger partial charge in [-0.3, -0.25) is 4.98 Å². The number of hydrogen-bond donors (Lipinski definition) is 1. The highest BCUT2D eigenvalue weighted by atomic mass is 19.1. The number of pyridine rings is 1. The lowest BCUT2D eigenvalue weighted by molar-refractivity contribution is 0.477. The van der Waals surface area contributed by atoms with E-state index in [1.807, 2.05) is 12.3 Å². The summed E-state index contributed by atoms with van der Waals surface area (Å²) in [6, 6.07) is 9.15. The van der Waals surface area contributed by atoms with Crippen LogP contribution in [0.4, 0.5) is 10.1 Å². The average Bonchev–Trinajstić information content (AvgIpc) is 3.13. The zero-order valence-electron chi connectivity index (χ0n) is 11.5. The number of anilines is 1. The first-order valence-corrected chi connectivity index (χ1v) is 7.16. The number of piperazine rings is 1. The van der Waals surface area contributed by atoms with E-state index in [0.29, 0.717) is 23.6 Å². The van der Waals surface area contributed by atoms with Crippen molar-refractivity contribution in [2.45, 2.75) is 18.5 Å². The van der Waals surface area contributed by atoms with E-state index in [9.17, 15) is 4.39 Å². The number of ether oxygens (including phenoxy) is 1. The number of aromatic nitrogens is 1. The third-order valence-electron chi connectivity index (χ3n) is 4.14. The van der Waals surface area contributed by atoms with Crippen LogP contribution < -0.4 is 15.0 Å². The molecule has 1 aromatic carbocycles. The lowest BCUT2D eigenvalue weighted by Crippen LogP contribution is -2.43. The van der Waals surface area contributed by atoms with Crippen LogP contribution in [-0.4, -0.2) is 30.2 Å². The van der Waals surface area contributed by atoms with Gasteiger partial charge in [0.2, 0.25) is 0 Å². The molecule has 21 heavy (non-hydrogen) atoms. The van der Waals surface area contributed by atoms with Crippen molar-refractivity contribution in [3.8, 4) is 11.5 Å². The van der Waals surface area contributed by atoms with Crippen molar-refractivity contribution in [1.29, 1.82) is 0 Å². The van der Waals surface area contributed by atoms with E-state index in [-0.39, 0.29) is 5.82 Å². The second kappa shape index (κ2) is 5.00. The lowest BCUT2D eigenvalue weighted by Gasteiger charge is -2.29. The molecule has 0 radical (unpaired) electrons. The Morgan fingerprint density at radius 2 is 2.05 bits per heavy atom. The molecule has 0 amide bonds. The fraction of sp³-hybridized carbons (Fsp3) is 0.312. The highest BCUT2D eigenvalue weighted by Gasteiger charge is 2.37. The largest absolute Gasteiger partial charge is 0.456 e. The summed E-state index contributed by atoms with van der Waals surface area (Å²) in [4.78, 5) is 6.65. The van der Waals surface area contributed by atoms with Crippen LogP contribution in [0.1, 0.15) is 6.42 Å². The van der Waals surface area contributed by atoms with E-state index in [0.717, 1.165) is 18.8 Å². The minimum Gasteiger partial charge on any atom is -0.456 e. The quantitative estimate of drug-likeness (QED) is 0.940. The zero-order chi connectivity index (χ0) is 14.2. The minimum atomic E-state index is -0.269. The van der Waals surface area contributed by atoms with E-state index >= 15 is 0 Å². The molecule has 2 fully saturated rings. The van der Waals surface area contributed by atoms with Crippen molar-refractivity contribution in [2.24, 2.45) is 0 Å². The highest BCUT2D eigenvalue weighted by molar-refractivity contribution is 5.52. The van der Waals surface area contributed by atoms with E-state index < -0.39 is 0 Å². The summed E-state index contributed by atoms with van der Waals surface area (Å²) >= 11 is 0. The van der Waals surface area contributed by atoms with Gasteiger partial charge in [-0.15, -0.1) is 0 Å². The maximum absolute atomic E-state index is 12.9. The van der Waals surface area contributed by atoms with Gasteiger partial charge in [0.25, 0.3) is 0 Å². The highest BCUT2D eigenvalue weighted by Crippen LogP contribution is 2.31. The van der Waals surface area contributed by atoms with E-state index in [4.69, 9.17) is 4.74 Å². The molecule has 2 aliphatic heterocycles. The number of nitrogens with zero attached hydrogens (tertiary/aromatic N) is 2. The molecule has 0 spiro atoms. The van der Waals surface area contributed by atoms with E-state index in [2.05, 4.69) is 15.2 Å². The lowest BCUT2D eigenvalue weighted by atomic mass is 10.2. The van der Waals surface area contributed by atoms with Gasteiger partial charge in [-0.1, -0.05) is 0 Å². The fourth-order valence-corrected chi connectivity index (χ4v) is 3.14. The predicted molar refractivity (Wildman–Crippen MR) is 78.3 cm³/mol. The molecule has 1 N–H and O–H groups in total. The number of fused-ring (bicyclic) bond motifs is 2. The molecule has 108 valence electrons. The normalized spacial score (nSPS) is 23.6. The van der Waals surface area contributed by atoms with E-state index in [1.54, 1.807) is 18.3 Å². The van der Waals surface area contributed by atoms with Gasteiger partial charge < -0.3 is 15.0 Å². The van der Waals surface area contributed by atoms with Crippen LogP contribution in [0.2, 0.25) is 0 Å². The van der Waals surface area contributed by atoms with Crippen molar-refractivity contribution in [1.82, 2.24) is 10.3 Å². The van der Waals surface area contributed by atoms with Crippen molar-refractivity contribution in [2.75, 3.05) is 18.0 Å². The van der Waals surface area contributed by atoms with Crippen LogP contribution in [0.3, 0.4) is 0 Å². The van der Waals surface area contributed by atoms with Gasteiger partial charge in [0, 0.05) is 31.2 Å². The summed E-state index contributed by atoms with van der Waals surface area (Å²) < 4.78 is 18.6. The second-order valence-corrected chi connectivity index (χ2v) is 5.58. The summed E-state index contributed by atoms with van der Waals surface area (Å²) in [5.74, 6) is 1.02. The van der Waals surface area contributed by atoms with Crippen LogP contribution in [0.25, 0.3) is 0 Å². The second-order valence-electron chi connectivity index (χ2n) is 5.58. The Balaban J connectivity index is 1.54. The molecule has 4 nitrogen and oxygen atoms in total. The molecule has 0 unspecified atom stereocenters. The molecular formula is C16H16FN3O. The van der Waals surface area contributed by atoms with Crippen LogP contribution >= 0.6 is 0 Å². The molecule has 2 saturated heterocycles. The molecule has 2 bridgehead atoms. The number of nitrogens with one attached hydrogen (secondary N) is 1. The first kappa shape index (κ1) is 12.6. The molecule has 3 heterocycles. The minimum absolute atomic E-state index is 0.269. The van der Waals surface area contributed by atoms with Gasteiger partial charge >= 0.3 is 0 Å². The summed E-state index contributed by atoms with van der Waals surface area (Å²) in [5.41, 5.74) is 1.09. The summed E-state index contributed by atoms with van der Waals surface area (Å²) in [5, 5.41) is 3.49. The Bertz CT molecular complexity index is 646. The summed E-state index contributed by atoms with van der Waals surface area (Å²) in [7, 11) is 0. The molecule has 1 aromatic heterocycles. The van der Waals surface area contributed by atoms with Crippen molar-refractivity contribution in [3.63, 3.8) is 0 Å². The molecule has 2 aromatic rings. The van der Waals surface area contributed by atoms with Crippen LogP contribution in [0, 0.1) is 5.82 Å². The Labute approximate surface area is 122 Å². The number of benzene rings is 1. The first-order valence-electron chi connectivity index (χ1n) is 7.16. The summed E-state index contributed by atoms with van der Waals surface area (Å²) in [6.45, 7) is 2.06. The fourth-order valence-electron chi connectivity index (χ4n) is 3.14. The predicted octanol–water partition coefficient (Wildman–Crippen LogP) is 2.56. The van der Waals surface area contributed by atoms with Gasteiger partial charge in [0.05, 0.1) is 18.1 Å². The topological polar surface area (TPSA) is 37.4 Å². The molecule has 4 rings (SSSR count). The van der Waals surface area contributed by atoms with Crippen molar-refractivity contribution < 1.29 is 9.13 Å². The van der Waals surface area contributed by atoms with Crippen molar-refractivity contribution >= 4 is 5.69 Å². The number of halogens is 1. The molecule has 2 atom stereocenters. The van der Waals surface area contributed by atoms with Gasteiger partial charge in [-0.25, -0.2) is 4.39 Å². The van der Waals surface area contributed by atoms with Crippen molar-refractivity contribution in [3.05, 3.63) is 48.5 Å². The summed E-state index contributed by atoms with van der Waals surface area (Å²) in [6.07, 6.45) is 4.75. The third-order valence-corrected chi connectivity index (χ3v) is 4.14. The third kappa shape index (κ3) is 2.45. The monoisotopic (exact) mass is 285 g/mol. The molecule has 0 saturated carbocycles. The molecule has 0 aliphatic carbocycles. The smallest absolute Gasteiger partial charge is 0.147 e. The van der Waals surface area contributed by atoms with Crippen LogP contribution in [-0.2, 0) is 0 Å². The zero-order valence-corrected chi connectivity index (χ0v) is 11.5. The average molecular weight is 285 g/mol. The maximum atomic E-state index is 12.9. The van der Waals surface area contributed by atoms with Gasteiger partial charge in [-0.05, 0) is 30.7 Å².